The van der Waals surface area contributed by atoms with Gasteiger partial charge in [-0.2, -0.15) is 0 Å². The Morgan fingerprint density at radius 2 is 1.88 bits per heavy atom. The molecule has 2 aromatic rings. The first kappa shape index (κ1) is 16.4. The summed E-state index contributed by atoms with van der Waals surface area (Å²) in [6.07, 6.45) is 3.49. The lowest BCUT2D eigenvalue weighted by molar-refractivity contribution is -0.130. The van der Waals surface area contributed by atoms with Gasteiger partial charge in [0.25, 0.3) is 0 Å². The van der Waals surface area contributed by atoms with Gasteiger partial charge in [-0.25, -0.2) is 9.97 Å². The lowest BCUT2D eigenvalue weighted by Crippen LogP contribution is -2.51. The van der Waals surface area contributed by atoms with Crippen molar-refractivity contribution in [1.29, 1.82) is 0 Å². The Bertz CT molecular complexity index is 668. The summed E-state index contributed by atoms with van der Waals surface area (Å²) >= 11 is 0. The number of nitrogens with zero attached hydrogens (tertiary/aromatic N) is 4. The lowest BCUT2D eigenvalue weighted by Gasteiger charge is -2.34. The minimum absolute atomic E-state index is 0.149. The van der Waals surface area contributed by atoms with E-state index in [9.17, 15) is 4.79 Å². The minimum Gasteiger partial charge on any atom is -0.338 e. The zero-order valence-electron chi connectivity index (χ0n) is 14.0. The van der Waals surface area contributed by atoms with Crippen molar-refractivity contribution in [3.05, 3.63) is 53.9 Å². The third kappa shape index (κ3) is 4.29. The third-order valence-corrected chi connectivity index (χ3v) is 4.16. The average molecular weight is 325 g/mol. The van der Waals surface area contributed by atoms with Crippen LogP contribution in [0.4, 0.5) is 5.95 Å². The van der Waals surface area contributed by atoms with Crippen LogP contribution in [0, 0.1) is 6.92 Å². The van der Waals surface area contributed by atoms with Gasteiger partial charge in [0.05, 0.1) is 6.54 Å². The van der Waals surface area contributed by atoms with Gasteiger partial charge in [0.15, 0.2) is 0 Å². The molecule has 0 atom stereocenters. The Morgan fingerprint density at radius 3 is 2.58 bits per heavy atom. The lowest BCUT2D eigenvalue weighted by atomic mass is 10.1. The fourth-order valence-corrected chi connectivity index (χ4v) is 2.86. The molecule has 1 fully saturated rings. The van der Waals surface area contributed by atoms with Gasteiger partial charge in [0.1, 0.15) is 0 Å². The number of benzene rings is 1. The molecule has 1 aliphatic heterocycles. The first-order chi connectivity index (χ1) is 11.7. The van der Waals surface area contributed by atoms with Crippen LogP contribution in [0.25, 0.3) is 0 Å². The molecule has 1 saturated heterocycles. The maximum Gasteiger partial charge on any atom is 0.236 e. The summed E-state index contributed by atoms with van der Waals surface area (Å²) in [4.78, 5) is 24.9. The second-order valence-corrected chi connectivity index (χ2v) is 6.01. The number of aromatic nitrogens is 2. The molecule has 0 radical (unpaired) electrons. The van der Waals surface area contributed by atoms with Gasteiger partial charge in [-0.3, -0.25) is 4.79 Å². The molecule has 6 heteroatoms. The van der Waals surface area contributed by atoms with Crippen LogP contribution in [0.5, 0.6) is 0 Å². The first-order valence-corrected chi connectivity index (χ1v) is 8.28. The van der Waals surface area contributed by atoms with E-state index in [2.05, 4.69) is 45.3 Å². The maximum atomic E-state index is 12.3. The zero-order chi connectivity index (χ0) is 16.8. The molecule has 0 spiro atoms. The number of amides is 1. The van der Waals surface area contributed by atoms with Gasteiger partial charge in [-0.05, 0) is 18.6 Å². The molecule has 0 aliphatic carbocycles. The first-order valence-electron chi connectivity index (χ1n) is 8.28. The summed E-state index contributed by atoms with van der Waals surface area (Å²) in [5, 5.41) is 3.24. The van der Waals surface area contributed by atoms with E-state index in [-0.39, 0.29) is 5.91 Å². The molecule has 6 nitrogen and oxygen atoms in total. The maximum absolute atomic E-state index is 12.3. The van der Waals surface area contributed by atoms with Gasteiger partial charge in [0.2, 0.25) is 11.9 Å². The number of carbonyl (C=O) groups excluding carboxylic acids is 1. The molecule has 0 bridgehead atoms. The average Bonchev–Trinajstić information content (AvgIpc) is 2.63. The highest BCUT2D eigenvalue weighted by Crippen LogP contribution is 2.09. The standard InChI is InChI=1S/C18H23N5O/c1-15-4-2-5-16(12-15)13-19-14-17(24)22-8-10-23(11-9-22)18-20-6-3-7-21-18/h2-7,12,19H,8-11,13-14H2,1H3. The Kier molecular flexibility index (Phi) is 5.38. The fraction of sp³-hybridized carbons (Fsp3) is 0.389. The molecule has 2 heterocycles. The Morgan fingerprint density at radius 1 is 1.12 bits per heavy atom. The van der Waals surface area contributed by atoms with Crippen molar-refractivity contribution in [2.75, 3.05) is 37.6 Å². The van der Waals surface area contributed by atoms with Crippen LogP contribution in [0.1, 0.15) is 11.1 Å². The summed E-state index contributed by atoms with van der Waals surface area (Å²) in [5.41, 5.74) is 2.44. The molecule has 24 heavy (non-hydrogen) atoms. The molecular formula is C18H23N5O. The molecule has 1 aromatic carbocycles. The topological polar surface area (TPSA) is 61.4 Å². The van der Waals surface area contributed by atoms with Crippen LogP contribution in [0.2, 0.25) is 0 Å². The van der Waals surface area contributed by atoms with Crippen molar-refractivity contribution >= 4 is 11.9 Å². The van der Waals surface area contributed by atoms with Crippen molar-refractivity contribution in [3.8, 4) is 0 Å². The van der Waals surface area contributed by atoms with E-state index in [0.717, 1.165) is 19.0 Å². The van der Waals surface area contributed by atoms with Crippen molar-refractivity contribution in [2.24, 2.45) is 0 Å². The van der Waals surface area contributed by atoms with E-state index in [4.69, 9.17) is 0 Å². The van der Waals surface area contributed by atoms with E-state index >= 15 is 0 Å². The van der Waals surface area contributed by atoms with Crippen LogP contribution >= 0.6 is 0 Å². The Balaban J connectivity index is 1.42. The highest BCUT2D eigenvalue weighted by atomic mass is 16.2. The number of aryl methyl sites for hydroxylation is 1. The number of hydrogen-bond donors (Lipinski definition) is 1. The van der Waals surface area contributed by atoms with Crippen LogP contribution < -0.4 is 10.2 Å². The normalized spacial score (nSPS) is 14.7. The van der Waals surface area contributed by atoms with Gasteiger partial charge in [0, 0.05) is 45.1 Å². The minimum atomic E-state index is 0.149. The molecule has 1 N–H and O–H groups in total. The number of piperazine rings is 1. The van der Waals surface area contributed by atoms with Crippen LogP contribution in [-0.4, -0.2) is 53.5 Å². The predicted octanol–water partition coefficient (Wildman–Crippen LogP) is 1.22. The summed E-state index contributed by atoms with van der Waals surface area (Å²) in [5.74, 6) is 0.887. The van der Waals surface area contributed by atoms with Gasteiger partial charge >= 0.3 is 0 Å². The zero-order valence-corrected chi connectivity index (χ0v) is 14.0. The van der Waals surface area contributed by atoms with Crippen molar-refractivity contribution < 1.29 is 4.79 Å². The summed E-state index contributed by atoms with van der Waals surface area (Å²) in [7, 11) is 0. The molecule has 126 valence electrons. The van der Waals surface area contributed by atoms with Gasteiger partial charge < -0.3 is 15.1 Å². The van der Waals surface area contributed by atoms with Crippen molar-refractivity contribution in [2.45, 2.75) is 13.5 Å². The summed E-state index contributed by atoms with van der Waals surface area (Å²) in [6, 6.07) is 10.1. The third-order valence-electron chi connectivity index (χ3n) is 4.16. The largest absolute Gasteiger partial charge is 0.338 e. The predicted molar refractivity (Wildman–Crippen MR) is 93.7 cm³/mol. The van der Waals surface area contributed by atoms with E-state index in [1.807, 2.05) is 17.0 Å². The number of anilines is 1. The summed E-state index contributed by atoms with van der Waals surface area (Å²) < 4.78 is 0. The monoisotopic (exact) mass is 325 g/mol. The molecule has 1 aromatic heterocycles. The SMILES string of the molecule is Cc1cccc(CNCC(=O)N2CCN(c3ncccn3)CC2)c1. The van der Waals surface area contributed by atoms with Gasteiger partial charge in [-0.1, -0.05) is 29.8 Å². The smallest absolute Gasteiger partial charge is 0.236 e. The molecule has 0 saturated carbocycles. The summed E-state index contributed by atoms with van der Waals surface area (Å²) in [6.45, 7) is 6.12. The van der Waals surface area contributed by atoms with Crippen molar-refractivity contribution in [1.82, 2.24) is 20.2 Å². The quantitative estimate of drug-likeness (QED) is 0.896. The molecular weight excluding hydrogens is 302 g/mol. The van der Waals surface area contributed by atoms with Crippen LogP contribution in [-0.2, 0) is 11.3 Å². The second-order valence-electron chi connectivity index (χ2n) is 6.01. The van der Waals surface area contributed by atoms with E-state index in [0.29, 0.717) is 26.2 Å². The Hall–Kier alpha value is -2.47. The van der Waals surface area contributed by atoms with Crippen LogP contribution in [0.15, 0.2) is 42.7 Å². The number of hydrogen-bond acceptors (Lipinski definition) is 5. The fourth-order valence-electron chi connectivity index (χ4n) is 2.86. The molecule has 0 unspecified atom stereocenters. The highest BCUT2D eigenvalue weighted by Gasteiger charge is 2.21. The number of nitrogens with one attached hydrogen (secondary N) is 1. The van der Waals surface area contributed by atoms with Crippen LogP contribution in [0.3, 0.4) is 0 Å². The van der Waals surface area contributed by atoms with Gasteiger partial charge in [-0.15, -0.1) is 0 Å². The van der Waals surface area contributed by atoms with E-state index in [1.165, 1.54) is 11.1 Å². The second kappa shape index (κ2) is 7.88. The van der Waals surface area contributed by atoms with Crippen molar-refractivity contribution in [3.63, 3.8) is 0 Å². The highest BCUT2D eigenvalue weighted by molar-refractivity contribution is 5.78. The Labute approximate surface area is 142 Å². The van der Waals surface area contributed by atoms with E-state index < -0.39 is 0 Å². The van der Waals surface area contributed by atoms with E-state index in [1.54, 1.807) is 12.4 Å². The number of rotatable bonds is 5. The number of carbonyl (C=O) groups is 1. The molecule has 1 aliphatic rings. The molecule has 3 rings (SSSR count). The molecule has 1 amide bonds.